The van der Waals surface area contributed by atoms with Crippen molar-refractivity contribution in [1.29, 1.82) is 0 Å². The van der Waals surface area contributed by atoms with E-state index in [0.717, 1.165) is 18.1 Å². The molecular weight excluding hydrogens is 300 g/mol. The van der Waals surface area contributed by atoms with Crippen LogP contribution < -0.4 is 5.32 Å². The molecule has 1 aromatic heterocycles. The molecule has 1 aromatic carbocycles. The number of benzene rings is 1. The second-order valence-corrected chi connectivity index (χ2v) is 7.49. The Morgan fingerprint density at radius 2 is 2.00 bits per heavy atom. The van der Waals surface area contributed by atoms with Gasteiger partial charge in [0.2, 0.25) is 0 Å². The fraction of sp³-hybridized carbons (Fsp3) is 0.529. The first-order chi connectivity index (χ1) is 10.2. The predicted octanol–water partition coefficient (Wildman–Crippen LogP) is 4.52. The van der Waals surface area contributed by atoms with Gasteiger partial charge in [-0.3, -0.25) is 0 Å². The molecule has 4 heteroatoms. The van der Waals surface area contributed by atoms with Crippen LogP contribution in [0.25, 0.3) is 10.1 Å². The lowest BCUT2D eigenvalue weighted by Crippen LogP contribution is -2.41. The van der Waals surface area contributed by atoms with Gasteiger partial charge in [-0.2, -0.15) is 0 Å². The summed E-state index contributed by atoms with van der Waals surface area (Å²) < 4.78 is 1.28. The van der Waals surface area contributed by atoms with E-state index in [9.17, 15) is 0 Å². The summed E-state index contributed by atoms with van der Waals surface area (Å²) in [6.45, 7) is 6.80. The first kappa shape index (κ1) is 15.3. The van der Waals surface area contributed by atoms with Crippen LogP contribution in [0.1, 0.15) is 31.1 Å². The Kier molecular flexibility index (Phi) is 5.17. The molecule has 1 unspecified atom stereocenters. The maximum Gasteiger partial charge on any atom is 0.0636 e. The molecule has 0 aliphatic carbocycles. The molecule has 1 saturated heterocycles. The van der Waals surface area contributed by atoms with Gasteiger partial charge < -0.3 is 10.2 Å². The topological polar surface area (TPSA) is 15.3 Å². The van der Waals surface area contributed by atoms with Crippen LogP contribution in [-0.2, 0) is 6.54 Å². The molecule has 0 radical (unpaired) electrons. The lowest BCUT2D eigenvalue weighted by atomic mass is 10.1. The molecule has 114 valence electrons. The Morgan fingerprint density at radius 3 is 2.76 bits per heavy atom. The number of hydrogen-bond acceptors (Lipinski definition) is 3. The Hall–Kier alpha value is -0.610. The Balaban J connectivity index is 1.56. The minimum Gasteiger partial charge on any atom is -0.308 e. The van der Waals surface area contributed by atoms with Gasteiger partial charge in [0.15, 0.2) is 0 Å². The lowest BCUT2D eigenvalue weighted by Gasteiger charge is -2.29. The maximum atomic E-state index is 6.49. The highest BCUT2D eigenvalue weighted by atomic mass is 35.5. The van der Waals surface area contributed by atoms with E-state index >= 15 is 0 Å². The van der Waals surface area contributed by atoms with Crippen LogP contribution in [0.5, 0.6) is 0 Å². The Morgan fingerprint density at radius 1 is 1.24 bits per heavy atom. The molecule has 1 aliphatic rings. The SMILES string of the molecule is CC(CN1CCCCC1)NCc1sc2ccccc2c1Cl. The normalized spacial score (nSPS) is 18.2. The van der Waals surface area contributed by atoms with Gasteiger partial charge >= 0.3 is 0 Å². The van der Waals surface area contributed by atoms with Gasteiger partial charge in [-0.15, -0.1) is 11.3 Å². The molecule has 1 atom stereocenters. The maximum absolute atomic E-state index is 6.49. The van der Waals surface area contributed by atoms with Crippen LogP contribution in [0.3, 0.4) is 0 Å². The fourth-order valence-corrected chi connectivity index (χ4v) is 4.49. The van der Waals surface area contributed by atoms with Crippen LogP contribution in [0.15, 0.2) is 24.3 Å². The standard InChI is InChI=1S/C17H23ClN2S/c1-13(12-20-9-5-2-6-10-20)19-11-16-17(18)14-7-3-4-8-15(14)21-16/h3-4,7-8,13,19H,2,5-6,9-12H2,1H3. The zero-order chi connectivity index (χ0) is 14.7. The Bertz CT molecular complexity index is 589. The molecule has 3 rings (SSSR count). The summed E-state index contributed by atoms with van der Waals surface area (Å²) >= 11 is 8.30. The van der Waals surface area contributed by atoms with Crippen molar-refractivity contribution in [2.75, 3.05) is 19.6 Å². The zero-order valence-electron chi connectivity index (χ0n) is 12.6. The predicted molar refractivity (Wildman–Crippen MR) is 93.4 cm³/mol. The molecule has 2 heterocycles. The third-order valence-corrected chi connectivity index (χ3v) is 5.91. The molecule has 1 N–H and O–H groups in total. The third kappa shape index (κ3) is 3.78. The first-order valence-electron chi connectivity index (χ1n) is 7.85. The van der Waals surface area contributed by atoms with E-state index in [1.165, 1.54) is 47.3 Å². The molecular formula is C17H23ClN2S. The number of fused-ring (bicyclic) bond motifs is 1. The van der Waals surface area contributed by atoms with Crippen molar-refractivity contribution in [3.63, 3.8) is 0 Å². The van der Waals surface area contributed by atoms with Crippen molar-refractivity contribution in [3.05, 3.63) is 34.2 Å². The number of piperidine rings is 1. The summed E-state index contributed by atoms with van der Waals surface area (Å²) in [5.74, 6) is 0. The first-order valence-corrected chi connectivity index (χ1v) is 9.05. The number of halogens is 1. The highest BCUT2D eigenvalue weighted by Crippen LogP contribution is 2.34. The van der Waals surface area contributed by atoms with E-state index in [-0.39, 0.29) is 0 Å². The Labute approximate surface area is 136 Å². The molecule has 0 amide bonds. The number of rotatable bonds is 5. The monoisotopic (exact) mass is 322 g/mol. The number of nitrogens with one attached hydrogen (secondary N) is 1. The highest BCUT2D eigenvalue weighted by Gasteiger charge is 2.14. The molecule has 0 spiro atoms. The molecule has 0 bridgehead atoms. The van der Waals surface area contributed by atoms with Crippen molar-refractivity contribution >= 4 is 33.0 Å². The van der Waals surface area contributed by atoms with Crippen LogP contribution in [0.4, 0.5) is 0 Å². The van der Waals surface area contributed by atoms with Crippen molar-refractivity contribution in [2.24, 2.45) is 0 Å². The smallest absolute Gasteiger partial charge is 0.0636 e. The summed E-state index contributed by atoms with van der Waals surface area (Å²) in [6, 6.07) is 8.88. The summed E-state index contributed by atoms with van der Waals surface area (Å²) in [4.78, 5) is 3.83. The van der Waals surface area contributed by atoms with Crippen molar-refractivity contribution in [1.82, 2.24) is 10.2 Å². The van der Waals surface area contributed by atoms with E-state index in [1.54, 1.807) is 11.3 Å². The minimum atomic E-state index is 0.504. The molecule has 1 aliphatic heterocycles. The average Bonchev–Trinajstić information content (AvgIpc) is 2.83. The van der Waals surface area contributed by atoms with Crippen molar-refractivity contribution in [2.45, 2.75) is 38.8 Å². The van der Waals surface area contributed by atoms with Gasteiger partial charge in [0.05, 0.1) is 5.02 Å². The van der Waals surface area contributed by atoms with Gasteiger partial charge in [-0.25, -0.2) is 0 Å². The molecule has 2 nitrogen and oxygen atoms in total. The van der Waals surface area contributed by atoms with E-state index in [1.807, 2.05) is 0 Å². The van der Waals surface area contributed by atoms with E-state index in [4.69, 9.17) is 11.6 Å². The van der Waals surface area contributed by atoms with Gasteiger partial charge in [0.1, 0.15) is 0 Å². The van der Waals surface area contributed by atoms with Crippen molar-refractivity contribution in [3.8, 4) is 0 Å². The molecule has 1 fully saturated rings. The summed E-state index contributed by atoms with van der Waals surface area (Å²) in [7, 11) is 0. The second-order valence-electron chi connectivity index (χ2n) is 5.98. The van der Waals surface area contributed by atoms with Crippen LogP contribution in [0.2, 0.25) is 5.02 Å². The van der Waals surface area contributed by atoms with E-state index in [2.05, 4.69) is 41.4 Å². The van der Waals surface area contributed by atoms with Crippen LogP contribution in [-0.4, -0.2) is 30.6 Å². The fourth-order valence-electron chi connectivity index (χ4n) is 3.04. The molecule has 2 aromatic rings. The van der Waals surface area contributed by atoms with Gasteiger partial charge in [0.25, 0.3) is 0 Å². The van der Waals surface area contributed by atoms with Crippen molar-refractivity contribution < 1.29 is 0 Å². The van der Waals surface area contributed by atoms with E-state index < -0.39 is 0 Å². The summed E-state index contributed by atoms with van der Waals surface area (Å²) in [5, 5.41) is 5.74. The highest BCUT2D eigenvalue weighted by molar-refractivity contribution is 7.19. The summed E-state index contributed by atoms with van der Waals surface area (Å²) in [6.07, 6.45) is 4.11. The van der Waals surface area contributed by atoms with Crippen LogP contribution in [0, 0.1) is 0 Å². The van der Waals surface area contributed by atoms with Gasteiger partial charge in [-0.05, 0) is 38.9 Å². The minimum absolute atomic E-state index is 0.504. The summed E-state index contributed by atoms with van der Waals surface area (Å²) in [5.41, 5.74) is 0. The zero-order valence-corrected chi connectivity index (χ0v) is 14.1. The lowest BCUT2D eigenvalue weighted by molar-refractivity contribution is 0.209. The number of hydrogen-bond donors (Lipinski definition) is 1. The van der Waals surface area contributed by atoms with Crippen LogP contribution >= 0.6 is 22.9 Å². The van der Waals surface area contributed by atoms with Gasteiger partial charge in [-0.1, -0.05) is 36.2 Å². The quantitative estimate of drug-likeness (QED) is 0.870. The second kappa shape index (κ2) is 7.10. The largest absolute Gasteiger partial charge is 0.308 e. The van der Waals surface area contributed by atoms with Gasteiger partial charge in [0, 0.05) is 34.1 Å². The van der Waals surface area contributed by atoms with E-state index in [0.29, 0.717) is 6.04 Å². The number of thiophene rings is 1. The number of likely N-dealkylation sites (tertiary alicyclic amines) is 1. The third-order valence-electron chi connectivity index (χ3n) is 4.19. The average molecular weight is 323 g/mol. The number of nitrogens with zero attached hydrogens (tertiary/aromatic N) is 1. The molecule has 0 saturated carbocycles. The molecule has 21 heavy (non-hydrogen) atoms.